The molecule has 2 N–H and O–H groups in total. The molecule has 21 heavy (non-hydrogen) atoms. The lowest BCUT2D eigenvalue weighted by molar-refractivity contribution is 0.0525. The summed E-state index contributed by atoms with van der Waals surface area (Å²) in [6.07, 6.45) is 0. The molecule has 2 rings (SSSR count). The number of carbonyl (C=O) groups is 1. The molecule has 0 saturated heterocycles. The third-order valence-electron chi connectivity index (χ3n) is 3.45. The molecule has 1 atom stereocenters. The molecule has 0 spiro atoms. The van der Waals surface area contributed by atoms with Crippen LogP contribution in [-0.4, -0.2) is 17.6 Å². The van der Waals surface area contributed by atoms with Crippen LogP contribution in [0.1, 0.15) is 28.4 Å². The average molecular weight is 287 g/mol. The largest absolute Gasteiger partial charge is 0.384 e. The van der Waals surface area contributed by atoms with Crippen LogP contribution in [0.4, 0.5) is 4.39 Å². The van der Waals surface area contributed by atoms with E-state index in [9.17, 15) is 14.3 Å². The summed E-state index contributed by atoms with van der Waals surface area (Å²) in [6, 6.07) is 12.8. The first kappa shape index (κ1) is 15.2. The van der Waals surface area contributed by atoms with Gasteiger partial charge < -0.3 is 10.4 Å². The lowest BCUT2D eigenvalue weighted by Gasteiger charge is -2.24. The van der Waals surface area contributed by atoms with Crippen molar-refractivity contribution in [3.8, 4) is 0 Å². The quantitative estimate of drug-likeness (QED) is 0.908. The first-order valence-corrected chi connectivity index (χ1v) is 6.72. The van der Waals surface area contributed by atoms with Gasteiger partial charge in [-0.05, 0) is 43.2 Å². The Morgan fingerprint density at radius 3 is 2.43 bits per heavy atom. The molecule has 0 bridgehead atoms. The van der Waals surface area contributed by atoms with Crippen LogP contribution in [0, 0.1) is 12.7 Å². The Bertz CT molecular complexity index is 635. The second kappa shape index (κ2) is 6.06. The summed E-state index contributed by atoms with van der Waals surface area (Å²) in [7, 11) is 0. The topological polar surface area (TPSA) is 49.3 Å². The maximum absolute atomic E-state index is 12.9. The van der Waals surface area contributed by atoms with E-state index >= 15 is 0 Å². The van der Waals surface area contributed by atoms with Gasteiger partial charge in [-0.25, -0.2) is 4.39 Å². The number of halogens is 1. The molecular weight excluding hydrogens is 269 g/mol. The van der Waals surface area contributed by atoms with Gasteiger partial charge in [0.2, 0.25) is 0 Å². The van der Waals surface area contributed by atoms with Crippen molar-refractivity contribution < 1.29 is 14.3 Å². The lowest BCUT2D eigenvalue weighted by atomic mass is 9.96. The molecule has 0 aromatic heterocycles. The molecule has 2 aromatic carbocycles. The number of nitrogens with one attached hydrogen (secondary N) is 1. The highest BCUT2D eigenvalue weighted by molar-refractivity contribution is 5.95. The number of benzene rings is 2. The zero-order valence-electron chi connectivity index (χ0n) is 12.1. The van der Waals surface area contributed by atoms with E-state index in [1.54, 1.807) is 19.1 Å². The number of hydrogen-bond acceptors (Lipinski definition) is 2. The van der Waals surface area contributed by atoms with Gasteiger partial charge in [-0.2, -0.15) is 0 Å². The average Bonchev–Trinajstić information content (AvgIpc) is 2.46. The van der Waals surface area contributed by atoms with Crippen molar-refractivity contribution in [2.24, 2.45) is 0 Å². The molecule has 1 unspecified atom stereocenters. The third-order valence-corrected chi connectivity index (χ3v) is 3.45. The minimum absolute atomic E-state index is 0.0474. The third kappa shape index (κ3) is 3.67. The first-order valence-electron chi connectivity index (χ1n) is 6.72. The van der Waals surface area contributed by atoms with Crippen LogP contribution < -0.4 is 5.32 Å². The fourth-order valence-electron chi connectivity index (χ4n) is 2.09. The van der Waals surface area contributed by atoms with E-state index in [4.69, 9.17) is 0 Å². The zero-order chi connectivity index (χ0) is 15.5. The Hall–Kier alpha value is -2.20. The zero-order valence-corrected chi connectivity index (χ0v) is 12.1. The van der Waals surface area contributed by atoms with E-state index in [2.05, 4.69) is 5.32 Å². The van der Waals surface area contributed by atoms with Gasteiger partial charge in [0.25, 0.3) is 5.91 Å². The van der Waals surface area contributed by atoms with Crippen molar-refractivity contribution in [1.29, 1.82) is 0 Å². The summed E-state index contributed by atoms with van der Waals surface area (Å²) in [6.45, 7) is 3.48. The highest BCUT2D eigenvalue weighted by atomic mass is 19.1. The number of hydrogen-bond donors (Lipinski definition) is 2. The summed E-state index contributed by atoms with van der Waals surface area (Å²) in [4.78, 5) is 12.1. The van der Waals surface area contributed by atoms with Crippen LogP contribution in [0.2, 0.25) is 0 Å². The van der Waals surface area contributed by atoms with Gasteiger partial charge in [-0.1, -0.05) is 30.3 Å². The van der Waals surface area contributed by atoms with Crippen molar-refractivity contribution in [1.82, 2.24) is 5.32 Å². The van der Waals surface area contributed by atoms with E-state index in [0.29, 0.717) is 11.1 Å². The van der Waals surface area contributed by atoms with Crippen LogP contribution >= 0.6 is 0 Å². The number of rotatable bonds is 4. The SMILES string of the molecule is Cc1ccccc1C(=O)NCC(C)(O)c1ccc(F)cc1. The second-order valence-corrected chi connectivity index (χ2v) is 5.28. The number of aryl methyl sites for hydroxylation is 1. The van der Waals surface area contributed by atoms with Crippen molar-refractivity contribution in [2.45, 2.75) is 19.4 Å². The minimum atomic E-state index is -1.26. The smallest absolute Gasteiger partial charge is 0.251 e. The van der Waals surface area contributed by atoms with E-state index in [1.165, 1.54) is 24.3 Å². The molecule has 1 amide bonds. The van der Waals surface area contributed by atoms with E-state index < -0.39 is 5.60 Å². The Balaban J connectivity index is 2.06. The van der Waals surface area contributed by atoms with Gasteiger partial charge in [-0.15, -0.1) is 0 Å². The first-order chi connectivity index (χ1) is 9.90. The van der Waals surface area contributed by atoms with E-state index in [-0.39, 0.29) is 18.3 Å². The standard InChI is InChI=1S/C17H18FNO2/c1-12-5-3-4-6-15(12)16(20)19-11-17(2,21)13-7-9-14(18)10-8-13/h3-10,21H,11H2,1-2H3,(H,19,20). The highest BCUT2D eigenvalue weighted by Gasteiger charge is 2.24. The van der Waals surface area contributed by atoms with Crippen molar-refractivity contribution in [2.75, 3.05) is 6.54 Å². The second-order valence-electron chi connectivity index (χ2n) is 5.28. The Kier molecular flexibility index (Phi) is 4.38. The molecule has 0 aliphatic heterocycles. The summed E-state index contributed by atoms with van der Waals surface area (Å²) in [5.74, 6) is -0.603. The van der Waals surface area contributed by atoms with E-state index in [0.717, 1.165) is 5.56 Å². The maximum Gasteiger partial charge on any atom is 0.251 e. The van der Waals surface area contributed by atoms with Crippen LogP contribution in [-0.2, 0) is 5.60 Å². The molecule has 3 nitrogen and oxygen atoms in total. The summed E-state index contributed by atoms with van der Waals surface area (Å²) < 4.78 is 12.9. The normalized spacial score (nSPS) is 13.5. The lowest BCUT2D eigenvalue weighted by Crippen LogP contribution is -2.38. The fraction of sp³-hybridized carbons (Fsp3) is 0.235. The van der Waals surface area contributed by atoms with Crippen LogP contribution in [0.25, 0.3) is 0 Å². The molecule has 0 aliphatic rings. The predicted octanol–water partition coefficient (Wildman–Crippen LogP) is 2.77. The van der Waals surface area contributed by atoms with Gasteiger partial charge in [0.05, 0.1) is 6.54 Å². The van der Waals surface area contributed by atoms with Crippen LogP contribution in [0.15, 0.2) is 48.5 Å². The van der Waals surface area contributed by atoms with Gasteiger partial charge in [0.15, 0.2) is 0 Å². The highest BCUT2D eigenvalue weighted by Crippen LogP contribution is 2.20. The molecular formula is C17H18FNO2. The molecule has 0 heterocycles. The fourth-order valence-corrected chi connectivity index (χ4v) is 2.09. The van der Waals surface area contributed by atoms with Crippen LogP contribution in [0.5, 0.6) is 0 Å². The maximum atomic E-state index is 12.9. The molecule has 2 aromatic rings. The van der Waals surface area contributed by atoms with Crippen molar-refractivity contribution in [3.05, 3.63) is 71.0 Å². The summed E-state index contributed by atoms with van der Waals surface area (Å²) >= 11 is 0. The summed E-state index contributed by atoms with van der Waals surface area (Å²) in [5, 5.41) is 13.1. The van der Waals surface area contributed by atoms with E-state index in [1.807, 2.05) is 19.1 Å². The molecule has 0 saturated carbocycles. The van der Waals surface area contributed by atoms with Gasteiger partial charge in [-0.3, -0.25) is 4.79 Å². The van der Waals surface area contributed by atoms with Crippen molar-refractivity contribution in [3.63, 3.8) is 0 Å². The molecule has 4 heteroatoms. The Labute approximate surface area is 123 Å². The number of aliphatic hydroxyl groups is 1. The molecule has 0 aliphatic carbocycles. The van der Waals surface area contributed by atoms with Gasteiger partial charge in [0.1, 0.15) is 11.4 Å². The molecule has 0 radical (unpaired) electrons. The molecule has 0 fully saturated rings. The number of carbonyl (C=O) groups excluding carboxylic acids is 1. The van der Waals surface area contributed by atoms with Gasteiger partial charge >= 0.3 is 0 Å². The predicted molar refractivity (Wildman–Crippen MR) is 79.5 cm³/mol. The Morgan fingerprint density at radius 1 is 1.19 bits per heavy atom. The monoisotopic (exact) mass is 287 g/mol. The summed E-state index contributed by atoms with van der Waals surface area (Å²) in [5.41, 5.74) is 0.740. The molecule has 110 valence electrons. The number of amides is 1. The van der Waals surface area contributed by atoms with Crippen molar-refractivity contribution >= 4 is 5.91 Å². The Morgan fingerprint density at radius 2 is 1.81 bits per heavy atom. The minimum Gasteiger partial charge on any atom is -0.384 e. The van der Waals surface area contributed by atoms with Gasteiger partial charge in [0, 0.05) is 5.56 Å². The van der Waals surface area contributed by atoms with Crippen LogP contribution in [0.3, 0.4) is 0 Å².